The van der Waals surface area contributed by atoms with Crippen LogP contribution >= 0.6 is 0 Å². The molecule has 6 rings (SSSR count). The molecule has 0 fully saturated rings. The van der Waals surface area contributed by atoms with Crippen molar-refractivity contribution in [2.75, 3.05) is 0 Å². The maximum Gasteiger partial charge on any atom is 0.194 e. The number of hydrogen-bond acceptors (Lipinski definition) is 2. The van der Waals surface area contributed by atoms with Gasteiger partial charge in [-0.3, -0.25) is 9.59 Å². The molecule has 6 aromatic rings. The van der Waals surface area contributed by atoms with Crippen LogP contribution in [0.3, 0.4) is 0 Å². The zero-order valence-corrected chi connectivity index (χ0v) is 17.2. The number of rotatable bonds is 0. The van der Waals surface area contributed by atoms with Gasteiger partial charge in [-0.05, 0) is 50.0 Å². The Kier molecular flexibility index (Phi) is 3.21. The van der Waals surface area contributed by atoms with E-state index >= 15 is 0 Å². The number of fused-ring (bicyclic) bond motifs is 4. The third-order valence-electron chi connectivity index (χ3n) is 6.49. The summed E-state index contributed by atoms with van der Waals surface area (Å²) in [4.78, 5) is 26.4. The largest absolute Gasteiger partial charge is 0.289 e. The Labute approximate surface area is 173 Å². The van der Waals surface area contributed by atoms with E-state index in [0.29, 0.717) is 0 Å². The smallest absolute Gasteiger partial charge is 0.194 e. The van der Waals surface area contributed by atoms with Crippen LogP contribution in [-0.2, 0) is 5.41 Å². The van der Waals surface area contributed by atoms with Gasteiger partial charge in [0.15, 0.2) is 10.9 Å². The molecule has 6 aromatic carbocycles. The molecule has 0 aliphatic carbocycles. The normalized spacial score (nSPS) is 12.8. The van der Waals surface area contributed by atoms with Gasteiger partial charge in [0.25, 0.3) is 0 Å². The SMILES string of the molecule is CC(C)(C)c1ccc2c3cccc4c(=O)c5ccccc5c(c5ccc(=O)c1c25)c43. The van der Waals surface area contributed by atoms with E-state index in [1.54, 1.807) is 6.07 Å². The molecule has 0 radical (unpaired) electrons. The molecule has 2 nitrogen and oxygen atoms in total. The lowest BCUT2D eigenvalue weighted by Gasteiger charge is -2.23. The van der Waals surface area contributed by atoms with E-state index in [-0.39, 0.29) is 16.3 Å². The lowest BCUT2D eigenvalue weighted by Crippen LogP contribution is -2.16. The minimum atomic E-state index is -0.149. The van der Waals surface area contributed by atoms with Crippen molar-refractivity contribution in [2.24, 2.45) is 0 Å². The van der Waals surface area contributed by atoms with Crippen molar-refractivity contribution in [3.8, 4) is 0 Å². The standard InChI is InChI=1S/C28H20O2/c1-28(2,3)21-13-11-17-15-9-6-10-20-25(15)23(16-7-4-5-8-18(16)27(20)30)19-12-14-22(29)26(21)24(17)19/h4-14H,1-3H3. The second kappa shape index (κ2) is 5.54. The van der Waals surface area contributed by atoms with Gasteiger partial charge in [0.1, 0.15) is 0 Å². The van der Waals surface area contributed by atoms with Crippen LogP contribution in [0.2, 0.25) is 0 Å². The molecule has 0 aromatic heterocycles. The number of benzene rings is 6. The minimum absolute atomic E-state index is 0.0564. The van der Waals surface area contributed by atoms with Gasteiger partial charge in [-0.2, -0.15) is 0 Å². The molecule has 0 aliphatic heterocycles. The van der Waals surface area contributed by atoms with Crippen LogP contribution < -0.4 is 10.9 Å². The molecule has 0 saturated heterocycles. The summed E-state index contributed by atoms with van der Waals surface area (Å²) >= 11 is 0. The maximum absolute atomic E-state index is 13.3. The highest BCUT2D eigenvalue weighted by Crippen LogP contribution is 2.43. The summed E-state index contributed by atoms with van der Waals surface area (Å²) in [6.07, 6.45) is 0. The lowest BCUT2D eigenvalue weighted by atomic mass is 9.80. The number of hydrogen-bond donors (Lipinski definition) is 0. The first-order valence-electron chi connectivity index (χ1n) is 10.3. The van der Waals surface area contributed by atoms with Gasteiger partial charge < -0.3 is 0 Å². The molecular formula is C28H20O2. The van der Waals surface area contributed by atoms with Gasteiger partial charge in [-0.15, -0.1) is 0 Å². The van der Waals surface area contributed by atoms with Crippen LogP contribution in [0, 0.1) is 0 Å². The molecule has 0 amide bonds. The Morgan fingerprint density at radius 1 is 0.500 bits per heavy atom. The van der Waals surface area contributed by atoms with Crippen molar-refractivity contribution in [1.29, 1.82) is 0 Å². The van der Waals surface area contributed by atoms with E-state index in [4.69, 9.17) is 0 Å². The third kappa shape index (κ3) is 2.03. The molecule has 144 valence electrons. The minimum Gasteiger partial charge on any atom is -0.289 e. The Hall–Kier alpha value is -3.52. The van der Waals surface area contributed by atoms with E-state index in [2.05, 4.69) is 39.0 Å². The summed E-state index contributed by atoms with van der Waals surface area (Å²) in [6.45, 7) is 6.44. The maximum atomic E-state index is 13.3. The van der Waals surface area contributed by atoms with Crippen LogP contribution in [-0.4, -0.2) is 0 Å². The van der Waals surface area contributed by atoms with Gasteiger partial charge in [-0.25, -0.2) is 0 Å². The van der Waals surface area contributed by atoms with E-state index in [9.17, 15) is 9.59 Å². The molecule has 0 heterocycles. The summed E-state index contributed by atoms with van der Waals surface area (Å²) in [6, 6.07) is 21.6. The molecule has 0 saturated carbocycles. The summed E-state index contributed by atoms with van der Waals surface area (Å²) in [5.41, 5.74) is 1.04. The highest BCUT2D eigenvalue weighted by atomic mass is 16.1. The predicted octanol–water partition coefficient (Wildman–Crippen LogP) is 6.35. The molecule has 0 spiro atoms. The summed E-state index contributed by atoms with van der Waals surface area (Å²) < 4.78 is 0. The van der Waals surface area contributed by atoms with Crippen molar-refractivity contribution in [3.05, 3.63) is 92.7 Å². The van der Waals surface area contributed by atoms with Crippen molar-refractivity contribution < 1.29 is 0 Å². The van der Waals surface area contributed by atoms with Crippen molar-refractivity contribution in [3.63, 3.8) is 0 Å². The molecule has 0 unspecified atom stereocenters. The summed E-state index contributed by atoms with van der Waals surface area (Å²) in [7, 11) is 0. The fourth-order valence-electron chi connectivity index (χ4n) is 5.22. The fourth-order valence-corrected chi connectivity index (χ4v) is 5.22. The van der Waals surface area contributed by atoms with Crippen LogP contribution in [0.1, 0.15) is 26.3 Å². The van der Waals surface area contributed by atoms with Crippen molar-refractivity contribution >= 4 is 53.9 Å². The average Bonchev–Trinajstić information content (AvgIpc) is 2.74. The van der Waals surface area contributed by atoms with Crippen LogP contribution in [0.4, 0.5) is 0 Å². The van der Waals surface area contributed by atoms with Crippen LogP contribution in [0.5, 0.6) is 0 Å². The molecule has 0 N–H and O–H groups in total. The molecule has 0 bridgehead atoms. The van der Waals surface area contributed by atoms with E-state index in [1.807, 2.05) is 42.5 Å². The average molecular weight is 388 g/mol. The van der Waals surface area contributed by atoms with E-state index in [1.165, 1.54) is 0 Å². The van der Waals surface area contributed by atoms with Crippen molar-refractivity contribution in [2.45, 2.75) is 26.2 Å². The first-order valence-corrected chi connectivity index (χ1v) is 10.3. The zero-order chi connectivity index (χ0) is 20.8. The second-order valence-corrected chi connectivity index (χ2v) is 9.25. The van der Waals surface area contributed by atoms with Gasteiger partial charge in [0.2, 0.25) is 0 Å². The lowest BCUT2D eigenvalue weighted by molar-refractivity contribution is 0.596. The predicted molar refractivity (Wildman–Crippen MR) is 128 cm³/mol. The molecule has 2 heteroatoms. The monoisotopic (exact) mass is 388 g/mol. The Bertz CT molecular complexity index is 1750. The highest BCUT2D eigenvalue weighted by molar-refractivity contribution is 6.38. The molecule has 30 heavy (non-hydrogen) atoms. The molecular weight excluding hydrogens is 368 g/mol. The van der Waals surface area contributed by atoms with Crippen molar-refractivity contribution in [1.82, 2.24) is 0 Å². The van der Waals surface area contributed by atoms with Gasteiger partial charge in [0.05, 0.1) is 0 Å². The highest BCUT2D eigenvalue weighted by Gasteiger charge is 2.23. The molecule has 0 atom stereocenters. The van der Waals surface area contributed by atoms with Crippen LogP contribution in [0.25, 0.3) is 53.9 Å². The summed E-state index contributed by atoms with van der Waals surface area (Å²) in [5.74, 6) is 0. The third-order valence-corrected chi connectivity index (χ3v) is 6.49. The van der Waals surface area contributed by atoms with Gasteiger partial charge in [-0.1, -0.05) is 75.4 Å². The quantitative estimate of drug-likeness (QED) is 0.225. The Balaban J connectivity index is 2.09. The topological polar surface area (TPSA) is 34.1 Å². The molecule has 0 aliphatic rings. The first kappa shape index (κ1) is 17.3. The Morgan fingerprint density at radius 2 is 1.03 bits per heavy atom. The summed E-state index contributed by atoms with van der Waals surface area (Å²) in [5, 5.41) is 9.43. The van der Waals surface area contributed by atoms with E-state index in [0.717, 1.165) is 59.4 Å². The first-order chi connectivity index (χ1) is 14.4. The second-order valence-electron chi connectivity index (χ2n) is 9.25. The Morgan fingerprint density at radius 3 is 1.80 bits per heavy atom. The van der Waals surface area contributed by atoms with Crippen LogP contribution in [0.15, 0.2) is 76.3 Å². The van der Waals surface area contributed by atoms with Gasteiger partial charge >= 0.3 is 0 Å². The van der Waals surface area contributed by atoms with Gasteiger partial charge in [0, 0.05) is 26.9 Å². The van der Waals surface area contributed by atoms with E-state index < -0.39 is 0 Å². The zero-order valence-electron chi connectivity index (χ0n) is 17.2. The fraction of sp³-hybridized carbons (Fsp3) is 0.143.